The van der Waals surface area contributed by atoms with Crippen molar-refractivity contribution < 1.29 is 4.42 Å². The molecule has 0 fully saturated rings. The van der Waals surface area contributed by atoms with Crippen molar-refractivity contribution in [2.45, 2.75) is 0 Å². The van der Waals surface area contributed by atoms with E-state index in [0.717, 1.165) is 72.5 Å². The molecule has 0 atom stereocenters. The van der Waals surface area contributed by atoms with Crippen LogP contribution in [0.1, 0.15) is 0 Å². The van der Waals surface area contributed by atoms with Crippen LogP contribution in [0, 0.1) is 0 Å². The number of para-hydroxylation sites is 3. The lowest BCUT2D eigenvalue weighted by Crippen LogP contribution is -2.10. The predicted octanol–water partition coefficient (Wildman–Crippen LogP) is 15.2. The average molecular weight is 729 g/mol. The molecule has 0 aliphatic carbocycles. The summed E-state index contributed by atoms with van der Waals surface area (Å²) in [5, 5.41) is 4.71. The van der Waals surface area contributed by atoms with Crippen molar-refractivity contribution in [2.24, 2.45) is 0 Å². The Morgan fingerprint density at radius 3 is 1.72 bits per heavy atom. The SMILES string of the molecule is c1ccc(-c2cccc(N(c3ccc(-c4ccc5oc6c(-c7ccccc7)cccc6c5c4)cc3)c3ccc4c5ccccc5n(-c5ccccc5)c4c3)c2)cc1. The Bertz CT molecular complexity index is 3220. The number of hydrogen-bond donors (Lipinski definition) is 0. The zero-order chi connectivity index (χ0) is 37.7. The van der Waals surface area contributed by atoms with Gasteiger partial charge in [-0.3, -0.25) is 0 Å². The van der Waals surface area contributed by atoms with E-state index in [0.29, 0.717) is 0 Å². The second kappa shape index (κ2) is 13.6. The molecule has 3 nitrogen and oxygen atoms in total. The second-order valence-corrected chi connectivity index (χ2v) is 14.5. The molecule has 0 amide bonds. The molecule has 57 heavy (non-hydrogen) atoms. The standard InChI is InChI=1S/C54H36N2O/c1-4-14-37(15-5-1)40-18-12-21-44(34-40)55(45-31-32-48-47-22-10-11-25-51(47)56(52(48)36-45)42-19-8-3-9-20-42)43-29-26-38(27-30-43)41-28-33-53-50(35-41)49-24-13-23-46(54(49)57-53)39-16-6-2-7-17-39/h1-36H. The quantitative estimate of drug-likeness (QED) is 0.163. The number of hydrogen-bond acceptors (Lipinski definition) is 2. The van der Waals surface area contributed by atoms with E-state index < -0.39 is 0 Å². The molecule has 11 aromatic rings. The number of furan rings is 1. The van der Waals surface area contributed by atoms with Gasteiger partial charge < -0.3 is 13.9 Å². The number of nitrogens with zero attached hydrogens (tertiary/aromatic N) is 2. The van der Waals surface area contributed by atoms with Crippen LogP contribution < -0.4 is 4.90 Å². The van der Waals surface area contributed by atoms with E-state index in [9.17, 15) is 0 Å². The summed E-state index contributed by atoms with van der Waals surface area (Å²) < 4.78 is 8.88. The van der Waals surface area contributed by atoms with E-state index in [-0.39, 0.29) is 0 Å². The van der Waals surface area contributed by atoms with Crippen molar-refractivity contribution in [3.63, 3.8) is 0 Å². The van der Waals surface area contributed by atoms with Crippen LogP contribution in [0.3, 0.4) is 0 Å². The van der Waals surface area contributed by atoms with Crippen LogP contribution >= 0.6 is 0 Å². The van der Waals surface area contributed by atoms with E-state index in [1.54, 1.807) is 0 Å². The number of benzene rings is 9. The fourth-order valence-electron chi connectivity index (χ4n) is 8.48. The Morgan fingerprint density at radius 2 is 0.912 bits per heavy atom. The highest BCUT2D eigenvalue weighted by atomic mass is 16.3. The molecular formula is C54H36N2O. The highest BCUT2D eigenvalue weighted by molar-refractivity contribution is 6.11. The van der Waals surface area contributed by atoms with Gasteiger partial charge in [0.1, 0.15) is 11.2 Å². The van der Waals surface area contributed by atoms with E-state index in [4.69, 9.17) is 4.42 Å². The minimum atomic E-state index is 0.890. The Balaban J connectivity index is 1.04. The summed E-state index contributed by atoms with van der Waals surface area (Å²) in [5.41, 5.74) is 15.5. The first-order chi connectivity index (χ1) is 28.3. The molecule has 0 bridgehead atoms. The maximum Gasteiger partial charge on any atom is 0.143 e. The molecule has 268 valence electrons. The molecule has 0 radical (unpaired) electrons. The lowest BCUT2D eigenvalue weighted by atomic mass is 10.00. The summed E-state index contributed by atoms with van der Waals surface area (Å²) in [6.45, 7) is 0. The molecule has 3 heteroatoms. The molecule has 0 aliphatic heterocycles. The average Bonchev–Trinajstić information content (AvgIpc) is 3.83. The molecule has 0 N–H and O–H groups in total. The van der Waals surface area contributed by atoms with Gasteiger partial charge in [-0.15, -0.1) is 0 Å². The van der Waals surface area contributed by atoms with Crippen LogP contribution in [0.5, 0.6) is 0 Å². The third kappa shape index (κ3) is 5.68. The topological polar surface area (TPSA) is 21.3 Å². The second-order valence-electron chi connectivity index (χ2n) is 14.5. The maximum absolute atomic E-state index is 6.50. The smallest absolute Gasteiger partial charge is 0.143 e. The first-order valence-electron chi connectivity index (χ1n) is 19.4. The van der Waals surface area contributed by atoms with E-state index >= 15 is 0 Å². The van der Waals surface area contributed by atoms with Gasteiger partial charge in [0, 0.05) is 49.9 Å². The van der Waals surface area contributed by atoms with Crippen LogP contribution in [0.2, 0.25) is 0 Å². The maximum atomic E-state index is 6.50. The van der Waals surface area contributed by atoms with Crippen LogP contribution in [0.15, 0.2) is 223 Å². The molecular weight excluding hydrogens is 693 g/mol. The largest absolute Gasteiger partial charge is 0.455 e. The number of rotatable bonds is 7. The summed E-state index contributed by atoms with van der Waals surface area (Å²) in [6, 6.07) is 78.1. The molecule has 0 saturated carbocycles. The molecule has 2 heterocycles. The van der Waals surface area contributed by atoms with E-state index in [1.165, 1.54) is 27.4 Å². The summed E-state index contributed by atoms with van der Waals surface area (Å²) in [7, 11) is 0. The van der Waals surface area contributed by atoms with Gasteiger partial charge in [-0.1, -0.05) is 152 Å². The van der Waals surface area contributed by atoms with Gasteiger partial charge >= 0.3 is 0 Å². The van der Waals surface area contributed by atoms with Gasteiger partial charge in [0.15, 0.2) is 0 Å². The molecule has 0 saturated heterocycles. The minimum absolute atomic E-state index is 0.890. The minimum Gasteiger partial charge on any atom is -0.455 e. The van der Waals surface area contributed by atoms with Crippen molar-refractivity contribution in [3.8, 4) is 39.1 Å². The van der Waals surface area contributed by atoms with Crippen LogP contribution in [0.4, 0.5) is 17.1 Å². The van der Waals surface area contributed by atoms with E-state index in [2.05, 4.69) is 222 Å². The summed E-state index contributed by atoms with van der Waals surface area (Å²) in [4.78, 5) is 2.38. The normalized spacial score (nSPS) is 11.5. The molecule has 0 unspecified atom stereocenters. The molecule has 9 aromatic carbocycles. The molecule has 11 rings (SSSR count). The van der Waals surface area contributed by atoms with Gasteiger partial charge in [0.05, 0.1) is 11.0 Å². The van der Waals surface area contributed by atoms with Crippen molar-refractivity contribution in [1.29, 1.82) is 0 Å². The number of fused-ring (bicyclic) bond motifs is 6. The third-order valence-electron chi connectivity index (χ3n) is 11.2. The first kappa shape index (κ1) is 32.8. The summed E-state index contributed by atoms with van der Waals surface area (Å²) in [6.07, 6.45) is 0. The van der Waals surface area contributed by atoms with Crippen molar-refractivity contribution in [3.05, 3.63) is 218 Å². The summed E-state index contributed by atoms with van der Waals surface area (Å²) >= 11 is 0. The Hall–Kier alpha value is -7.62. The lowest BCUT2D eigenvalue weighted by Gasteiger charge is -2.26. The zero-order valence-corrected chi connectivity index (χ0v) is 31.1. The van der Waals surface area contributed by atoms with Gasteiger partial charge in [-0.2, -0.15) is 0 Å². The van der Waals surface area contributed by atoms with Gasteiger partial charge in [0.25, 0.3) is 0 Å². The number of anilines is 3. The van der Waals surface area contributed by atoms with Gasteiger partial charge in [0.2, 0.25) is 0 Å². The Kier molecular flexibility index (Phi) is 7.82. The first-order valence-corrected chi connectivity index (χ1v) is 19.4. The number of aromatic nitrogens is 1. The third-order valence-corrected chi connectivity index (χ3v) is 11.2. The fraction of sp³-hybridized carbons (Fsp3) is 0. The van der Waals surface area contributed by atoms with Gasteiger partial charge in [-0.05, 0) is 94.5 Å². The van der Waals surface area contributed by atoms with Crippen molar-refractivity contribution in [2.75, 3.05) is 4.90 Å². The Morgan fingerprint density at radius 1 is 0.333 bits per heavy atom. The van der Waals surface area contributed by atoms with Crippen molar-refractivity contribution >= 4 is 60.8 Å². The predicted molar refractivity (Wildman–Crippen MR) is 239 cm³/mol. The highest BCUT2D eigenvalue weighted by Crippen LogP contribution is 2.42. The zero-order valence-electron chi connectivity index (χ0n) is 31.1. The molecule has 0 aliphatic rings. The fourth-order valence-corrected chi connectivity index (χ4v) is 8.48. The molecule has 2 aromatic heterocycles. The van der Waals surface area contributed by atoms with Crippen LogP contribution in [-0.4, -0.2) is 4.57 Å². The lowest BCUT2D eigenvalue weighted by molar-refractivity contribution is 0.670. The van der Waals surface area contributed by atoms with Crippen molar-refractivity contribution in [1.82, 2.24) is 4.57 Å². The van der Waals surface area contributed by atoms with Gasteiger partial charge in [-0.25, -0.2) is 0 Å². The summed E-state index contributed by atoms with van der Waals surface area (Å²) in [5.74, 6) is 0. The Labute approximate surface area is 330 Å². The molecule has 0 spiro atoms. The van der Waals surface area contributed by atoms with E-state index in [1.807, 2.05) is 6.07 Å². The van der Waals surface area contributed by atoms with Crippen LogP contribution in [0.25, 0.3) is 82.8 Å². The highest BCUT2D eigenvalue weighted by Gasteiger charge is 2.19. The monoisotopic (exact) mass is 728 g/mol. The van der Waals surface area contributed by atoms with Crippen LogP contribution in [-0.2, 0) is 0 Å².